The summed E-state index contributed by atoms with van der Waals surface area (Å²) < 4.78 is 0. The van der Waals surface area contributed by atoms with Gasteiger partial charge in [-0.25, -0.2) is 0 Å². The maximum absolute atomic E-state index is 2.37. The molecule has 0 aromatic heterocycles. The van der Waals surface area contributed by atoms with Gasteiger partial charge in [0.05, 0.1) is 0 Å². The van der Waals surface area contributed by atoms with E-state index in [1.165, 1.54) is 62.5 Å². The second-order valence-corrected chi connectivity index (χ2v) is 5.55. The number of hydrogen-bond donors (Lipinski definition) is 0. The Morgan fingerprint density at radius 3 is 1.38 bits per heavy atom. The van der Waals surface area contributed by atoms with E-state index in [-0.39, 0.29) is 44.6 Å². The van der Waals surface area contributed by atoms with Crippen LogP contribution >= 0.6 is 0 Å². The summed E-state index contributed by atoms with van der Waals surface area (Å²) in [7, 11) is 0. The van der Waals surface area contributed by atoms with E-state index in [2.05, 4.69) is 39.8 Å². The van der Waals surface area contributed by atoms with Crippen LogP contribution in [0.1, 0.15) is 119 Å². The molecule has 0 saturated heterocycles. The van der Waals surface area contributed by atoms with Gasteiger partial charge in [0.2, 0.25) is 0 Å². The smallest absolute Gasteiger partial charge is 0.0276 e. The first kappa shape index (κ1) is 38.7. The van der Waals surface area contributed by atoms with Crippen molar-refractivity contribution >= 4 is 0 Å². The molecule has 0 nitrogen and oxygen atoms in total. The first-order valence-electron chi connectivity index (χ1n) is 7.78. The molecule has 150 valence electrons. The molecule has 0 amide bonds. The lowest BCUT2D eigenvalue weighted by Gasteiger charge is -2.13. The maximum Gasteiger partial charge on any atom is -0.0276 e. The Bertz CT molecular complexity index is 349. The summed E-state index contributed by atoms with van der Waals surface area (Å²) in [6.07, 6.45) is 10.6. The van der Waals surface area contributed by atoms with Crippen molar-refractivity contribution in [1.82, 2.24) is 0 Å². The summed E-state index contributed by atoms with van der Waals surface area (Å²) in [6.45, 7) is 9.13. The van der Waals surface area contributed by atoms with Crippen molar-refractivity contribution < 1.29 is 0 Å². The predicted molar refractivity (Wildman–Crippen MR) is 123 cm³/mol. The van der Waals surface area contributed by atoms with Crippen LogP contribution in [0.25, 0.3) is 0 Å². The van der Waals surface area contributed by atoms with Gasteiger partial charge in [0.15, 0.2) is 0 Å². The molecule has 1 aromatic carbocycles. The Balaban J connectivity index is -0.000000135. The van der Waals surface area contributed by atoms with Crippen molar-refractivity contribution in [3.05, 3.63) is 34.4 Å². The minimum Gasteiger partial charge on any atom is -0.0776 e. The minimum atomic E-state index is 0. The molecule has 0 unspecified atom stereocenters. The van der Waals surface area contributed by atoms with Crippen LogP contribution in [0.5, 0.6) is 0 Å². The van der Waals surface area contributed by atoms with Gasteiger partial charge in [-0.3, -0.25) is 0 Å². The molecule has 0 N–H and O–H groups in total. The average molecular weight is 343 g/mol. The summed E-state index contributed by atoms with van der Waals surface area (Å²) in [5.41, 5.74) is 6.19. The highest BCUT2D eigenvalue weighted by Crippen LogP contribution is 2.21. The fraction of sp³-hybridized carbons (Fsp3) is 0.750. The van der Waals surface area contributed by atoms with Gasteiger partial charge in [-0.05, 0) is 55.4 Å². The Morgan fingerprint density at radius 1 is 0.542 bits per heavy atom. The zero-order valence-electron chi connectivity index (χ0n) is 12.8. The first-order valence-corrected chi connectivity index (χ1v) is 7.78. The highest BCUT2D eigenvalue weighted by molar-refractivity contribution is 5.39. The third kappa shape index (κ3) is 12.6. The van der Waals surface area contributed by atoms with Crippen LogP contribution in [0, 0.1) is 13.8 Å². The van der Waals surface area contributed by atoms with Crippen LogP contribution in [-0.4, -0.2) is 0 Å². The van der Waals surface area contributed by atoms with Crippen molar-refractivity contribution in [3.63, 3.8) is 0 Å². The summed E-state index contributed by atoms with van der Waals surface area (Å²) in [5, 5.41) is 0. The third-order valence-corrected chi connectivity index (χ3v) is 4.08. The molecule has 0 fully saturated rings. The van der Waals surface area contributed by atoms with Crippen LogP contribution < -0.4 is 0 Å². The van der Waals surface area contributed by atoms with Crippen molar-refractivity contribution in [3.8, 4) is 0 Å². The zero-order chi connectivity index (χ0) is 13.4. The number of unbranched alkanes of at least 4 members (excludes halogenated alkanes) is 4. The van der Waals surface area contributed by atoms with Crippen LogP contribution in [0.2, 0.25) is 0 Å². The second kappa shape index (κ2) is 22.2. The van der Waals surface area contributed by atoms with Gasteiger partial charge in [-0.2, -0.15) is 0 Å². The highest BCUT2D eigenvalue weighted by Gasteiger charge is 2.05. The molecule has 0 saturated carbocycles. The molecule has 0 aliphatic rings. The number of aryl methyl sites for hydroxylation is 2. The van der Waals surface area contributed by atoms with Crippen LogP contribution in [0.4, 0.5) is 0 Å². The Morgan fingerprint density at radius 2 is 0.958 bits per heavy atom. The molecule has 24 heavy (non-hydrogen) atoms. The maximum atomic E-state index is 2.37. The fourth-order valence-electron chi connectivity index (χ4n) is 2.66. The van der Waals surface area contributed by atoms with E-state index in [1.54, 1.807) is 11.1 Å². The van der Waals surface area contributed by atoms with E-state index in [9.17, 15) is 0 Å². The van der Waals surface area contributed by atoms with Crippen molar-refractivity contribution in [2.75, 3.05) is 0 Å². The molecule has 0 aliphatic heterocycles. The lowest BCUT2D eigenvalue weighted by atomic mass is 9.93. The number of hydrogen-bond acceptors (Lipinski definition) is 0. The largest absolute Gasteiger partial charge is 0.0776 e. The quantitative estimate of drug-likeness (QED) is 0.412. The molecule has 1 rings (SSSR count). The predicted octanol–water partition coefficient (Wildman–Crippen LogP) is 9.59. The fourth-order valence-corrected chi connectivity index (χ4v) is 2.66. The van der Waals surface area contributed by atoms with Crippen molar-refractivity contribution in [1.29, 1.82) is 0 Å². The van der Waals surface area contributed by atoms with Gasteiger partial charge in [0, 0.05) is 0 Å². The molecule has 0 bridgehead atoms. The Kier molecular flexibility index (Phi) is 35.8. The molecule has 0 radical (unpaired) electrons. The lowest BCUT2D eigenvalue weighted by molar-refractivity contribution is 0.631. The Labute approximate surface area is 158 Å². The van der Waals surface area contributed by atoms with E-state index >= 15 is 0 Å². The molecule has 0 spiro atoms. The summed E-state index contributed by atoms with van der Waals surface area (Å²) >= 11 is 0. The van der Waals surface area contributed by atoms with Crippen molar-refractivity contribution in [2.45, 2.75) is 124 Å². The van der Waals surface area contributed by atoms with Gasteiger partial charge >= 0.3 is 0 Å². The van der Waals surface area contributed by atoms with E-state index in [1.807, 2.05) is 0 Å². The summed E-state index contributed by atoms with van der Waals surface area (Å²) in [4.78, 5) is 0. The Hall–Kier alpha value is -0.780. The van der Waals surface area contributed by atoms with E-state index in [4.69, 9.17) is 0 Å². The second-order valence-electron chi connectivity index (χ2n) is 5.55. The van der Waals surface area contributed by atoms with E-state index < -0.39 is 0 Å². The standard InChI is InChI=1S/C18H30.6CH4/c1-5-7-8-9-10-12-18-14-13-17(11-6-2)15(3)16(18)4;;;;;;/h13-14H,5-12H2,1-4H3;6*1H4. The minimum absolute atomic E-state index is 0. The van der Waals surface area contributed by atoms with E-state index in [0.29, 0.717) is 0 Å². The van der Waals surface area contributed by atoms with Crippen LogP contribution in [0.15, 0.2) is 12.1 Å². The van der Waals surface area contributed by atoms with Crippen LogP contribution in [0.3, 0.4) is 0 Å². The molecular weight excluding hydrogens is 288 g/mol. The molecular formula is C24H54. The number of benzene rings is 1. The molecule has 0 aliphatic carbocycles. The van der Waals surface area contributed by atoms with Crippen LogP contribution in [-0.2, 0) is 12.8 Å². The molecule has 0 heteroatoms. The zero-order valence-corrected chi connectivity index (χ0v) is 12.8. The first-order chi connectivity index (χ1) is 8.70. The van der Waals surface area contributed by atoms with Gasteiger partial charge in [-0.15, -0.1) is 0 Å². The van der Waals surface area contributed by atoms with Gasteiger partial charge in [-0.1, -0.05) is 103 Å². The normalized spacial score (nSPS) is 8.17. The van der Waals surface area contributed by atoms with Crippen molar-refractivity contribution in [2.24, 2.45) is 0 Å². The highest BCUT2D eigenvalue weighted by atomic mass is 14.1. The lowest BCUT2D eigenvalue weighted by Crippen LogP contribution is -1.98. The SMILES string of the molecule is C.C.C.C.C.C.CCCCCCCc1ccc(CCC)c(C)c1C. The summed E-state index contributed by atoms with van der Waals surface area (Å²) in [5.74, 6) is 0. The molecule has 0 heterocycles. The van der Waals surface area contributed by atoms with Gasteiger partial charge < -0.3 is 0 Å². The summed E-state index contributed by atoms with van der Waals surface area (Å²) in [6, 6.07) is 4.72. The molecule has 0 atom stereocenters. The topological polar surface area (TPSA) is 0 Å². The third-order valence-electron chi connectivity index (χ3n) is 4.08. The average Bonchev–Trinajstić information content (AvgIpc) is 2.37. The number of rotatable bonds is 8. The van der Waals surface area contributed by atoms with E-state index in [0.717, 1.165) is 0 Å². The monoisotopic (exact) mass is 342 g/mol. The van der Waals surface area contributed by atoms with Gasteiger partial charge in [0.1, 0.15) is 0 Å². The molecule has 1 aromatic rings. The van der Waals surface area contributed by atoms with Gasteiger partial charge in [0.25, 0.3) is 0 Å².